The maximum absolute atomic E-state index is 12.8. The normalized spacial score (nSPS) is 12.3. The predicted molar refractivity (Wildman–Crippen MR) is 51.3 cm³/mol. The van der Waals surface area contributed by atoms with Gasteiger partial charge in [0.25, 0.3) is 0 Å². The molecule has 0 fully saturated rings. The molecule has 0 bridgehead atoms. The molecule has 0 aliphatic rings. The summed E-state index contributed by atoms with van der Waals surface area (Å²) in [4.78, 5) is 22.1. The van der Waals surface area contributed by atoms with Gasteiger partial charge in [-0.3, -0.25) is 9.59 Å². The number of hydrogen-bond donors (Lipinski definition) is 0. The number of carbonyl (C=O) groups excluding carboxylic acids is 2. The maximum Gasteiger partial charge on any atom is 0.461 e. The van der Waals surface area contributed by atoms with E-state index in [2.05, 4.69) is 0 Å². The van der Waals surface area contributed by atoms with Crippen LogP contribution in [0.15, 0.2) is 18.2 Å². The van der Waals surface area contributed by atoms with Crippen molar-refractivity contribution >= 4 is 11.6 Å². The molecule has 0 amide bonds. The topological polar surface area (TPSA) is 34.1 Å². The van der Waals surface area contributed by atoms with Crippen molar-refractivity contribution in [2.24, 2.45) is 0 Å². The lowest BCUT2D eigenvalue weighted by Crippen LogP contribution is -2.44. The third-order valence-corrected chi connectivity index (χ3v) is 2.27. The molecule has 0 aliphatic carbocycles. The van der Waals surface area contributed by atoms with E-state index in [-0.39, 0.29) is 0 Å². The number of halogens is 7. The minimum absolute atomic E-state index is 0.302. The van der Waals surface area contributed by atoms with Crippen molar-refractivity contribution in [2.45, 2.75) is 18.5 Å². The molecule has 1 aromatic rings. The molecule has 0 heterocycles. The first-order valence-corrected chi connectivity index (χ1v) is 4.93. The van der Waals surface area contributed by atoms with E-state index < -0.39 is 47.3 Å². The Balaban J connectivity index is 2.91. The monoisotopic (exact) mass is 302 g/mol. The third kappa shape index (κ3) is 3.14. The standard InChI is InChI=1S/C11H5F7O2/c12-6-2-1-5(3-7(6)13)8(19)4-9(20)10(14,15)11(16,17)18/h1-3H,4H2. The lowest BCUT2D eigenvalue weighted by Gasteiger charge is -2.17. The van der Waals surface area contributed by atoms with Gasteiger partial charge >= 0.3 is 12.1 Å². The van der Waals surface area contributed by atoms with Crippen LogP contribution in [0.1, 0.15) is 16.8 Å². The summed E-state index contributed by atoms with van der Waals surface area (Å²) in [7, 11) is 0. The average Bonchev–Trinajstić information content (AvgIpc) is 2.30. The molecule has 20 heavy (non-hydrogen) atoms. The van der Waals surface area contributed by atoms with Crippen molar-refractivity contribution in [3.63, 3.8) is 0 Å². The summed E-state index contributed by atoms with van der Waals surface area (Å²) in [6, 6.07) is 1.45. The summed E-state index contributed by atoms with van der Waals surface area (Å²) in [5, 5.41) is 0. The Morgan fingerprint density at radius 1 is 0.950 bits per heavy atom. The van der Waals surface area contributed by atoms with E-state index in [0.717, 1.165) is 0 Å². The quantitative estimate of drug-likeness (QED) is 0.486. The second kappa shape index (κ2) is 5.22. The van der Waals surface area contributed by atoms with Crippen LogP contribution in [-0.2, 0) is 4.79 Å². The highest BCUT2D eigenvalue weighted by Crippen LogP contribution is 2.37. The van der Waals surface area contributed by atoms with Gasteiger partial charge in [0.15, 0.2) is 17.4 Å². The molecule has 0 saturated heterocycles. The highest BCUT2D eigenvalue weighted by atomic mass is 19.4. The molecule has 2 nitrogen and oxygen atoms in total. The Morgan fingerprint density at radius 3 is 1.95 bits per heavy atom. The summed E-state index contributed by atoms with van der Waals surface area (Å²) in [5.41, 5.74) is -0.685. The second-order valence-electron chi connectivity index (χ2n) is 3.72. The summed E-state index contributed by atoms with van der Waals surface area (Å²) >= 11 is 0. The van der Waals surface area contributed by atoms with Gasteiger partial charge in [-0.05, 0) is 18.2 Å². The van der Waals surface area contributed by atoms with Gasteiger partial charge in [0.2, 0.25) is 5.78 Å². The van der Waals surface area contributed by atoms with Crippen LogP contribution in [0.2, 0.25) is 0 Å². The van der Waals surface area contributed by atoms with Gasteiger partial charge in [-0.15, -0.1) is 0 Å². The van der Waals surface area contributed by atoms with Crippen molar-refractivity contribution in [1.29, 1.82) is 0 Å². The molecule has 0 saturated carbocycles. The van der Waals surface area contributed by atoms with E-state index in [4.69, 9.17) is 0 Å². The van der Waals surface area contributed by atoms with Crippen molar-refractivity contribution in [3.05, 3.63) is 35.4 Å². The van der Waals surface area contributed by atoms with Crippen LogP contribution in [0.25, 0.3) is 0 Å². The number of ketones is 2. The SMILES string of the molecule is O=C(CC(=O)C(F)(F)C(F)(F)F)c1ccc(F)c(F)c1. The maximum atomic E-state index is 12.8. The largest absolute Gasteiger partial charge is 0.461 e. The van der Waals surface area contributed by atoms with Crippen molar-refractivity contribution in [3.8, 4) is 0 Å². The first kappa shape index (κ1) is 16.1. The summed E-state index contributed by atoms with van der Waals surface area (Å²) < 4.78 is 86.1. The van der Waals surface area contributed by atoms with Crippen LogP contribution in [-0.4, -0.2) is 23.7 Å². The number of hydrogen-bond acceptors (Lipinski definition) is 2. The van der Waals surface area contributed by atoms with E-state index in [1.54, 1.807) is 0 Å². The number of alkyl halides is 5. The second-order valence-corrected chi connectivity index (χ2v) is 3.72. The van der Waals surface area contributed by atoms with Crippen LogP contribution < -0.4 is 0 Å². The van der Waals surface area contributed by atoms with E-state index in [1.807, 2.05) is 0 Å². The summed E-state index contributed by atoms with van der Waals surface area (Å²) in [6.45, 7) is 0. The van der Waals surface area contributed by atoms with Crippen molar-refractivity contribution in [1.82, 2.24) is 0 Å². The van der Waals surface area contributed by atoms with Crippen molar-refractivity contribution in [2.75, 3.05) is 0 Å². The van der Waals surface area contributed by atoms with Crippen molar-refractivity contribution < 1.29 is 40.3 Å². The van der Waals surface area contributed by atoms with E-state index in [0.29, 0.717) is 18.2 Å². The molecule has 0 aromatic heterocycles. The van der Waals surface area contributed by atoms with E-state index >= 15 is 0 Å². The fourth-order valence-corrected chi connectivity index (χ4v) is 1.19. The molecular weight excluding hydrogens is 297 g/mol. The Bertz CT molecular complexity index is 548. The minimum atomic E-state index is -6.13. The molecule has 1 rings (SSSR count). The zero-order chi connectivity index (χ0) is 15.7. The number of benzene rings is 1. The minimum Gasteiger partial charge on any atom is -0.294 e. The molecule has 1 aromatic carbocycles. The van der Waals surface area contributed by atoms with Gasteiger partial charge in [0.05, 0.1) is 6.42 Å². The van der Waals surface area contributed by atoms with Gasteiger partial charge < -0.3 is 0 Å². The van der Waals surface area contributed by atoms with E-state index in [1.165, 1.54) is 0 Å². The van der Waals surface area contributed by atoms with Crippen LogP contribution in [0.5, 0.6) is 0 Å². The number of carbonyl (C=O) groups is 2. The number of Topliss-reactive ketones (excluding diaryl/α,β-unsaturated/α-hetero) is 2. The Morgan fingerprint density at radius 2 is 1.50 bits per heavy atom. The van der Waals surface area contributed by atoms with Gasteiger partial charge in [0, 0.05) is 5.56 Å². The third-order valence-electron chi connectivity index (χ3n) is 2.27. The molecule has 0 unspecified atom stereocenters. The molecule has 0 radical (unpaired) electrons. The average molecular weight is 302 g/mol. The molecule has 0 aliphatic heterocycles. The lowest BCUT2D eigenvalue weighted by atomic mass is 10.0. The lowest BCUT2D eigenvalue weighted by molar-refractivity contribution is -0.268. The van der Waals surface area contributed by atoms with Crippen LogP contribution in [0.3, 0.4) is 0 Å². The van der Waals surface area contributed by atoms with Crippen LogP contribution >= 0.6 is 0 Å². The first-order chi connectivity index (χ1) is 8.96. The Hall–Kier alpha value is -1.93. The van der Waals surface area contributed by atoms with Gasteiger partial charge in [-0.2, -0.15) is 22.0 Å². The zero-order valence-corrected chi connectivity index (χ0v) is 9.40. The molecule has 0 N–H and O–H groups in total. The highest BCUT2D eigenvalue weighted by Gasteiger charge is 2.62. The molecule has 0 spiro atoms. The van der Waals surface area contributed by atoms with E-state index in [9.17, 15) is 40.3 Å². The number of rotatable bonds is 4. The molecular formula is C11H5F7O2. The van der Waals surface area contributed by atoms with Gasteiger partial charge in [-0.1, -0.05) is 0 Å². The fourth-order valence-electron chi connectivity index (χ4n) is 1.19. The first-order valence-electron chi connectivity index (χ1n) is 4.93. The Kier molecular flexibility index (Phi) is 4.21. The highest BCUT2D eigenvalue weighted by molar-refractivity contribution is 6.10. The zero-order valence-electron chi connectivity index (χ0n) is 9.40. The van der Waals surface area contributed by atoms with Crippen LogP contribution in [0.4, 0.5) is 30.7 Å². The summed E-state index contributed by atoms with van der Waals surface area (Å²) in [6.07, 6.45) is -7.91. The van der Waals surface area contributed by atoms with Gasteiger partial charge in [0.1, 0.15) is 0 Å². The smallest absolute Gasteiger partial charge is 0.294 e. The van der Waals surface area contributed by atoms with Crippen LogP contribution in [0, 0.1) is 11.6 Å². The summed E-state index contributed by atoms with van der Waals surface area (Å²) in [5.74, 6) is -12.7. The molecule has 9 heteroatoms. The molecule has 0 atom stereocenters. The fraction of sp³-hybridized carbons (Fsp3) is 0.273. The predicted octanol–water partition coefficient (Wildman–Crippen LogP) is 3.30. The molecule has 110 valence electrons. The Labute approximate surface area is 107 Å². The van der Waals surface area contributed by atoms with Gasteiger partial charge in [-0.25, -0.2) is 8.78 Å².